The number of halogens is 1. The Balaban J connectivity index is 1.70. The van der Waals surface area contributed by atoms with Crippen molar-refractivity contribution in [3.63, 3.8) is 0 Å². The van der Waals surface area contributed by atoms with E-state index in [2.05, 4.69) is 17.4 Å². The van der Waals surface area contributed by atoms with Crippen LogP contribution in [-0.2, 0) is 30.3 Å². The Morgan fingerprint density at radius 2 is 1.74 bits per heavy atom. The van der Waals surface area contributed by atoms with Crippen molar-refractivity contribution in [2.24, 2.45) is 5.92 Å². The van der Waals surface area contributed by atoms with Crippen LogP contribution in [-0.4, -0.2) is 56.9 Å². The summed E-state index contributed by atoms with van der Waals surface area (Å²) in [5, 5.41) is 12.4. The van der Waals surface area contributed by atoms with E-state index < -0.39 is 6.29 Å². The number of benzene rings is 2. The van der Waals surface area contributed by atoms with E-state index in [1.165, 1.54) is 0 Å². The van der Waals surface area contributed by atoms with Gasteiger partial charge in [0.05, 0.1) is 26.4 Å². The molecule has 0 aromatic heterocycles. The molecule has 190 valence electrons. The van der Waals surface area contributed by atoms with E-state index in [9.17, 15) is 4.79 Å². The highest BCUT2D eigenvalue weighted by atomic mass is 35.5. The summed E-state index contributed by atoms with van der Waals surface area (Å²) < 4.78 is 23.0. The molecular weight excluding hydrogens is 470 g/mol. The van der Waals surface area contributed by atoms with Crippen LogP contribution >= 0.6 is 11.6 Å². The van der Waals surface area contributed by atoms with Gasteiger partial charge in [0.25, 0.3) is 5.91 Å². The van der Waals surface area contributed by atoms with Crippen molar-refractivity contribution in [1.82, 2.24) is 5.32 Å². The fourth-order valence-corrected chi connectivity index (χ4v) is 4.10. The van der Waals surface area contributed by atoms with Crippen molar-refractivity contribution in [3.05, 3.63) is 82.6 Å². The monoisotopic (exact) mass is 503 g/mol. The molecule has 8 heteroatoms. The molecule has 1 amide bonds. The Morgan fingerprint density at radius 1 is 1.03 bits per heavy atom. The van der Waals surface area contributed by atoms with Crippen LogP contribution in [0.4, 0.5) is 0 Å². The number of carbonyl (C=O) groups excluding carboxylic acids is 1. The molecule has 0 fully saturated rings. The maximum absolute atomic E-state index is 13.0. The van der Waals surface area contributed by atoms with Gasteiger partial charge < -0.3 is 29.4 Å². The second kappa shape index (κ2) is 14.9. The third-order valence-electron chi connectivity index (χ3n) is 5.69. The third-order valence-corrected chi connectivity index (χ3v) is 5.95. The van der Waals surface area contributed by atoms with Gasteiger partial charge in [-0.3, -0.25) is 4.79 Å². The number of ether oxygens (including phenoxy) is 4. The average molecular weight is 504 g/mol. The Morgan fingerprint density at radius 3 is 2.43 bits per heavy atom. The second-order valence-electron chi connectivity index (χ2n) is 8.12. The summed E-state index contributed by atoms with van der Waals surface area (Å²) in [5.74, 6) is -0.155. The molecule has 0 unspecified atom stereocenters. The maximum Gasteiger partial charge on any atom is 0.286 e. The first-order valence-electron chi connectivity index (χ1n) is 12.0. The van der Waals surface area contributed by atoms with Gasteiger partial charge in [-0.05, 0) is 42.7 Å². The second-order valence-corrected chi connectivity index (χ2v) is 8.56. The molecule has 1 aliphatic heterocycles. The predicted octanol–water partition coefficient (Wildman–Crippen LogP) is 4.05. The number of rotatable bonds is 14. The van der Waals surface area contributed by atoms with Gasteiger partial charge in [0.2, 0.25) is 6.29 Å². The van der Waals surface area contributed by atoms with E-state index in [1.54, 1.807) is 12.1 Å². The fourth-order valence-electron chi connectivity index (χ4n) is 3.97. The lowest BCUT2D eigenvalue weighted by atomic mass is 9.81. The molecule has 3 atom stereocenters. The van der Waals surface area contributed by atoms with E-state index in [0.717, 1.165) is 11.1 Å². The topological polar surface area (TPSA) is 86.3 Å². The molecule has 0 spiro atoms. The van der Waals surface area contributed by atoms with Crippen LogP contribution in [0.15, 0.2) is 66.4 Å². The van der Waals surface area contributed by atoms with Crippen LogP contribution in [0.25, 0.3) is 0 Å². The van der Waals surface area contributed by atoms with Crippen LogP contribution in [0.5, 0.6) is 0 Å². The average Bonchev–Trinajstić information content (AvgIpc) is 2.88. The highest BCUT2D eigenvalue weighted by molar-refractivity contribution is 6.30. The van der Waals surface area contributed by atoms with E-state index in [1.807, 2.05) is 43.3 Å². The zero-order valence-corrected chi connectivity index (χ0v) is 20.8. The van der Waals surface area contributed by atoms with Crippen LogP contribution < -0.4 is 5.32 Å². The van der Waals surface area contributed by atoms with Gasteiger partial charge in [-0.1, -0.05) is 54.1 Å². The van der Waals surface area contributed by atoms with Crippen LogP contribution in [0.3, 0.4) is 0 Å². The van der Waals surface area contributed by atoms with Crippen LogP contribution in [0.2, 0.25) is 5.02 Å². The van der Waals surface area contributed by atoms with Crippen LogP contribution in [0.1, 0.15) is 30.4 Å². The van der Waals surface area contributed by atoms with Gasteiger partial charge in [0.1, 0.15) is 0 Å². The minimum atomic E-state index is -0.583. The zero-order valence-electron chi connectivity index (χ0n) is 20.0. The van der Waals surface area contributed by atoms with Gasteiger partial charge in [0.15, 0.2) is 5.76 Å². The van der Waals surface area contributed by atoms with E-state index >= 15 is 0 Å². The fraction of sp³-hybridized carbons (Fsp3) is 0.444. The standard InChI is InChI=1S/C27H34ClNO6/c1-2-34-27-23(12-14-32-16-17-33-15-13-30)24(21-6-4-3-5-7-21)18-25(35-27)26(31)29-19-20-8-10-22(28)11-9-20/h3-11,18,23-24,27,30H,2,12-17,19H2,1H3,(H,29,31)/t23-,24+,27+/m1/s1. The smallest absolute Gasteiger partial charge is 0.286 e. The number of hydrogen-bond donors (Lipinski definition) is 2. The molecule has 0 bridgehead atoms. The summed E-state index contributed by atoms with van der Waals surface area (Å²) in [6.45, 7) is 4.39. The lowest BCUT2D eigenvalue weighted by molar-refractivity contribution is -0.168. The molecule has 2 aromatic carbocycles. The summed E-state index contributed by atoms with van der Waals surface area (Å²) in [7, 11) is 0. The van der Waals surface area contributed by atoms with Gasteiger partial charge >= 0.3 is 0 Å². The molecule has 0 radical (unpaired) electrons. The van der Waals surface area contributed by atoms with Crippen molar-refractivity contribution in [2.45, 2.75) is 32.1 Å². The summed E-state index contributed by atoms with van der Waals surface area (Å²) in [6, 6.07) is 17.4. The summed E-state index contributed by atoms with van der Waals surface area (Å²) in [6.07, 6.45) is 1.98. The first-order chi connectivity index (χ1) is 17.1. The third kappa shape index (κ3) is 8.63. The molecule has 2 aromatic rings. The van der Waals surface area contributed by atoms with Gasteiger partial charge in [0, 0.05) is 36.6 Å². The summed E-state index contributed by atoms with van der Waals surface area (Å²) in [4.78, 5) is 13.0. The van der Waals surface area contributed by atoms with Crippen molar-refractivity contribution in [2.75, 3.05) is 39.6 Å². The maximum atomic E-state index is 13.0. The number of amides is 1. The SMILES string of the molecule is CCO[C@H]1OC(C(=O)NCc2ccc(Cl)cc2)=C[C@@H](c2ccccc2)[C@H]1CCOCCOCCO. The number of aliphatic hydroxyl groups is 1. The molecular formula is C27H34ClNO6. The van der Waals surface area contributed by atoms with Crippen LogP contribution in [0, 0.1) is 5.92 Å². The molecule has 3 rings (SSSR count). The highest BCUT2D eigenvalue weighted by Crippen LogP contribution is 2.38. The Labute approximate surface area is 212 Å². The van der Waals surface area contributed by atoms with Gasteiger partial charge in [-0.15, -0.1) is 0 Å². The number of hydrogen-bond acceptors (Lipinski definition) is 6. The molecule has 0 aliphatic carbocycles. The predicted molar refractivity (Wildman–Crippen MR) is 134 cm³/mol. The van der Waals surface area contributed by atoms with Gasteiger partial charge in [-0.2, -0.15) is 0 Å². The number of allylic oxidation sites excluding steroid dienone is 1. The zero-order chi connectivity index (χ0) is 24.9. The lowest BCUT2D eigenvalue weighted by Gasteiger charge is -2.37. The van der Waals surface area contributed by atoms with E-state index in [4.69, 9.17) is 35.7 Å². The largest absolute Gasteiger partial charge is 0.459 e. The molecule has 0 saturated heterocycles. The normalized spacial score (nSPS) is 19.6. The number of aliphatic hydroxyl groups excluding tert-OH is 1. The summed E-state index contributed by atoms with van der Waals surface area (Å²) >= 11 is 5.95. The first-order valence-corrected chi connectivity index (χ1v) is 12.3. The molecule has 1 heterocycles. The molecule has 35 heavy (non-hydrogen) atoms. The first kappa shape index (κ1) is 27.2. The quantitative estimate of drug-likeness (QED) is 0.378. The Hall–Kier alpha value is -2.42. The summed E-state index contributed by atoms with van der Waals surface area (Å²) in [5.41, 5.74) is 2.03. The van der Waals surface area contributed by atoms with Crippen molar-refractivity contribution < 1.29 is 28.8 Å². The van der Waals surface area contributed by atoms with Crippen molar-refractivity contribution >= 4 is 17.5 Å². The molecule has 1 aliphatic rings. The molecule has 7 nitrogen and oxygen atoms in total. The minimum Gasteiger partial charge on any atom is -0.459 e. The molecule has 2 N–H and O–H groups in total. The molecule has 0 saturated carbocycles. The highest BCUT2D eigenvalue weighted by Gasteiger charge is 2.37. The van der Waals surface area contributed by atoms with Crippen molar-refractivity contribution in [1.29, 1.82) is 0 Å². The van der Waals surface area contributed by atoms with Gasteiger partial charge in [-0.25, -0.2) is 0 Å². The van der Waals surface area contributed by atoms with E-state index in [-0.39, 0.29) is 30.1 Å². The Kier molecular flexibility index (Phi) is 11.5. The minimum absolute atomic E-state index is 0.00382. The number of nitrogens with one attached hydrogen (secondary N) is 1. The Bertz CT molecular complexity index is 921. The number of carbonyl (C=O) groups is 1. The van der Waals surface area contributed by atoms with Crippen molar-refractivity contribution in [3.8, 4) is 0 Å². The van der Waals surface area contributed by atoms with E-state index in [0.29, 0.717) is 51.0 Å². The lowest BCUT2D eigenvalue weighted by Crippen LogP contribution is -2.39.